The maximum atomic E-state index is 4.58. The topological polar surface area (TPSA) is 41.0 Å². The summed E-state index contributed by atoms with van der Waals surface area (Å²) in [5, 5.41) is 2.41. The van der Waals surface area contributed by atoms with Crippen molar-refractivity contribution in [3.8, 4) is 0 Å². The first-order valence-electron chi connectivity index (χ1n) is 6.53. The van der Waals surface area contributed by atoms with Gasteiger partial charge in [-0.25, -0.2) is 0 Å². The molecular weight excluding hydrogens is 382 g/mol. The number of nitrogens with zero attached hydrogens (tertiary/aromatic N) is 2. The van der Waals surface area contributed by atoms with E-state index in [1.807, 2.05) is 6.20 Å². The first kappa shape index (κ1) is 12.5. The molecule has 3 nitrogen and oxygen atoms in total. The maximum Gasteiger partial charge on any atom is 0.108 e. The fraction of sp³-hybridized carbons (Fsp3) is 0.200. The number of aromatic nitrogens is 2. The fourth-order valence-electron chi connectivity index (χ4n) is 2.77. The molecule has 0 aliphatic carbocycles. The highest BCUT2D eigenvalue weighted by molar-refractivity contribution is 9.13. The molecule has 0 bridgehead atoms. The first-order valence-corrected chi connectivity index (χ1v) is 8.12. The molecule has 1 N–H and O–H groups in total. The van der Waals surface area contributed by atoms with Gasteiger partial charge in [0.15, 0.2) is 0 Å². The Kier molecular flexibility index (Phi) is 2.93. The Balaban J connectivity index is 2.08. The van der Waals surface area contributed by atoms with Gasteiger partial charge in [-0.05, 0) is 62.9 Å². The van der Waals surface area contributed by atoms with Crippen molar-refractivity contribution in [3.63, 3.8) is 0 Å². The third-order valence-electron chi connectivity index (χ3n) is 3.71. The first-order chi connectivity index (χ1) is 9.74. The molecular formula is C15H11Br2N3. The Labute approximate surface area is 132 Å². The summed E-state index contributed by atoms with van der Waals surface area (Å²) in [5.74, 6) is 0. The van der Waals surface area contributed by atoms with Crippen LogP contribution < -0.4 is 0 Å². The number of rotatable bonds is 1. The molecule has 3 aromatic rings. The van der Waals surface area contributed by atoms with Crippen molar-refractivity contribution < 1.29 is 0 Å². The zero-order valence-electron chi connectivity index (χ0n) is 10.6. The molecule has 1 aliphatic heterocycles. The molecule has 0 fully saturated rings. The van der Waals surface area contributed by atoms with Crippen LogP contribution in [0.1, 0.15) is 18.5 Å². The molecule has 0 saturated heterocycles. The zero-order chi connectivity index (χ0) is 13.7. The lowest BCUT2D eigenvalue weighted by Gasteiger charge is -2.01. The predicted molar refractivity (Wildman–Crippen MR) is 89.6 cm³/mol. The Morgan fingerprint density at radius 3 is 2.75 bits per heavy atom. The summed E-state index contributed by atoms with van der Waals surface area (Å²) < 4.78 is 2.10. The highest BCUT2D eigenvalue weighted by Crippen LogP contribution is 2.34. The lowest BCUT2D eigenvalue weighted by Crippen LogP contribution is -2.00. The van der Waals surface area contributed by atoms with E-state index < -0.39 is 0 Å². The smallest absolute Gasteiger partial charge is 0.108 e. The molecule has 0 spiro atoms. The van der Waals surface area contributed by atoms with Gasteiger partial charge in [0.05, 0.1) is 11.2 Å². The van der Waals surface area contributed by atoms with Crippen molar-refractivity contribution in [1.82, 2.24) is 9.97 Å². The number of hydrogen-bond donors (Lipinski definition) is 1. The fourth-order valence-corrected chi connectivity index (χ4v) is 3.46. The number of nitrogens with one attached hydrogen (secondary N) is 1. The van der Waals surface area contributed by atoms with Crippen LogP contribution in [0, 0.1) is 0 Å². The van der Waals surface area contributed by atoms with Crippen molar-refractivity contribution in [2.24, 2.45) is 4.99 Å². The van der Waals surface area contributed by atoms with Crippen molar-refractivity contribution in [2.45, 2.75) is 12.8 Å². The summed E-state index contributed by atoms with van der Waals surface area (Å²) in [6.07, 6.45) is 4.03. The van der Waals surface area contributed by atoms with Gasteiger partial charge in [-0.15, -0.1) is 0 Å². The van der Waals surface area contributed by atoms with Crippen LogP contribution in [0.15, 0.2) is 38.3 Å². The molecule has 3 heterocycles. The van der Waals surface area contributed by atoms with Crippen LogP contribution in [0.2, 0.25) is 0 Å². The number of fused-ring (bicyclic) bond motifs is 3. The van der Waals surface area contributed by atoms with Crippen molar-refractivity contribution in [3.05, 3.63) is 39.0 Å². The Bertz CT molecular complexity index is 864. The molecule has 5 heteroatoms. The van der Waals surface area contributed by atoms with E-state index in [1.54, 1.807) is 0 Å². The number of halogens is 2. The molecule has 100 valence electrons. The second-order valence-corrected chi connectivity index (χ2v) is 6.66. The standard InChI is InChI=1S/C15H11Br2N3/c16-10-6-9-8-3-5-19-15(12-2-1-4-18-12)14(8)20-13(9)7-11(10)17/h3,5-7,20H,1-2,4H2. The zero-order valence-corrected chi connectivity index (χ0v) is 13.8. The van der Waals surface area contributed by atoms with Crippen LogP contribution in [0.4, 0.5) is 0 Å². The van der Waals surface area contributed by atoms with Crippen LogP contribution in [-0.4, -0.2) is 22.2 Å². The van der Waals surface area contributed by atoms with Gasteiger partial charge in [-0.2, -0.15) is 0 Å². The minimum absolute atomic E-state index is 0.921. The van der Waals surface area contributed by atoms with Crippen LogP contribution >= 0.6 is 31.9 Å². The molecule has 0 radical (unpaired) electrons. The normalized spacial score (nSPS) is 15.2. The second kappa shape index (κ2) is 4.67. The monoisotopic (exact) mass is 391 g/mol. The van der Waals surface area contributed by atoms with Gasteiger partial charge in [0.2, 0.25) is 0 Å². The third-order valence-corrected chi connectivity index (χ3v) is 5.55. The molecule has 1 aromatic carbocycles. The van der Waals surface area contributed by atoms with E-state index in [4.69, 9.17) is 0 Å². The van der Waals surface area contributed by atoms with Crippen molar-refractivity contribution in [1.29, 1.82) is 0 Å². The van der Waals surface area contributed by atoms with Crippen LogP contribution in [-0.2, 0) is 0 Å². The van der Waals surface area contributed by atoms with E-state index in [1.165, 1.54) is 10.8 Å². The minimum Gasteiger partial charge on any atom is -0.353 e. The number of benzene rings is 1. The highest BCUT2D eigenvalue weighted by Gasteiger charge is 2.16. The molecule has 0 saturated carbocycles. The van der Waals surface area contributed by atoms with Gasteiger partial charge in [-0.3, -0.25) is 9.98 Å². The summed E-state index contributed by atoms with van der Waals surface area (Å²) in [4.78, 5) is 12.6. The Morgan fingerprint density at radius 1 is 1.10 bits per heavy atom. The van der Waals surface area contributed by atoms with Gasteiger partial charge in [0.25, 0.3) is 0 Å². The van der Waals surface area contributed by atoms with E-state index in [9.17, 15) is 0 Å². The van der Waals surface area contributed by atoms with Gasteiger partial charge < -0.3 is 4.98 Å². The largest absolute Gasteiger partial charge is 0.353 e. The van der Waals surface area contributed by atoms with E-state index in [2.05, 4.69) is 65.0 Å². The van der Waals surface area contributed by atoms with Crippen molar-refractivity contribution in [2.75, 3.05) is 6.54 Å². The van der Waals surface area contributed by atoms with E-state index >= 15 is 0 Å². The minimum atomic E-state index is 0.921. The number of pyridine rings is 1. The SMILES string of the molecule is Brc1cc2[nH]c3c(C4=NCCC4)nccc3c2cc1Br. The average Bonchev–Trinajstić information content (AvgIpc) is 3.07. The molecule has 0 unspecified atom stereocenters. The van der Waals surface area contributed by atoms with Gasteiger partial charge in [0.1, 0.15) is 5.69 Å². The molecule has 4 rings (SSSR count). The molecule has 0 amide bonds. The van der Waals surface area contributed by atoms with E-state index in [0.717, 1.165) is 50.8 Å². The number of aromatic amines is 1. The molecule has 2 aromatic heterocycles. The summed E-state index contributed by atoms with van der Waals surface area (Å²) >= 11 is 7.12. The number of aliphatic imine (C=N–C) groups is 1. The quantitative estimate of drug-likeness (QED) is 0.633. The number of hydrogen-bond acceptors (Lipinski definition) is 2. The lowest BCUT2D eigenvalue weighted by molar-refractivity contribution is 0.951. The van der Waals surface area contributed by atoms with E-state index in [0.29, 0.717) is 0 Å². The number of H-pyrrole nitrogens is 1. The highest BCUT2D eigenvalue weighted by atomic mass is 79.9. The lowest BCUT2D eigenvalue weighted by atomic mass is 10.1. The van der Waals surface area contributed by atoms with Crippen LogP contribution in [0.25, 0.3) is 21.8 Å². The Hall–Kier alpha value is -1.20. The van der Waals surface area contributed by atoms with E-state index in [-0.39, 0.29) is 0 Å². The maximum absolute atomic E-state index is 4.58. The summed E-state index contributed by atoms with van der Waals surface area (Å²) in [7, 11) is 0. The summed E-state index contributed by atoms with van der Waals surface area (Å²) in [6, 6.07) is 6.30. The van der Waals surface area contributed by atoms with Gasteiger partial charge in [-0.1, -0.05) is 0 Å². The molecule has 0 atom stereocenters. The van der Waals surface area contributed by atoms with Crippen molar-refractivity contribution >= 4 is 59.4 Å². The Morgan fingerprint density at radius 2 is 1.95 bits per heavy atom. The van der Waals surface area contributed by atoms with Crippen LogP contribution in [0.3, 0.4) is 0 Å². The van der Waals surface area contributed by atoms with Gasteiger partial charge in [0, 0.05) is 38.0 Å². The third kappa shape index (κ3) is 1.84. The summed E-state index contributed by atoms with van der Waals surface area (Å²) in [5.41, 5.74) is 4.33. The molecule has 20 heavy (non-hydrogen) atoms. The summed E-state index contributed by atoms with van der Waals surface area (Å²) in [6.45, 7) is 0.921. The predicted octanol–water partition coefficient (Wildman–Crippen LogP) is 4.82. The van der Waals surface area contributed by atoms with Gasteiger partial charge >= 0.3 is 0 Å². The molecule has 1 aliphatic rings. The van der Waals surface area contributed by atoms with Crippen LogP contribution in [0.5, 0.6) is 0 Å². The second-order valence-electron chi connectivity index (χ2n) is 4.95. The average molecular weight is 393 g/mol.